The molecule has 0 N–H and O–H groups in total. The summed E-state index contributed by atoms with van der Waals surface area (Å²) in [5.41, 5.74) is 2.31. The van der Waals surface area contributed by atoms with E-state index in [-0.39, 0.29) is 12.3 Å². The average Bonchev–Trinajstić information content (AvgIpc) is 2.92. The molecule has 2 atom stereocenters. The first-order chi connectivity index (χ1) is 18.7. The highest BCUT2D eigenvalue weighted by molar-refractivity contribution is 6.07. The second-order valence-corrected chi connectivity index (χ2v) is 10.4. The summed E-state index contributed by atoms with van der Waals surface area (Å²) in [5, 5.41) is 0. The topological polar surface area (TPSA) is 68.9 Å². The molecule has 2 aromatic rings. The van der Waals surface area contributed by atoms with Crippen molar-refractivity contribution in [2.75, 3.05) is 60.8 Å². The number of rotatable bonds is 6. The van der Waals surface area contributed by atoms with Crippen LogP contribution in [0, 0.1) is 0 Å². The van der Waals surface area contributed by atoms with Crippen LogP contribution in [0.1, 0.15) is 18.9 Å². The Hall–Kier alpha value is -4.08. The normalized spacial score (nSPS) is 19.1. The van der Waals surface area contributed by atoms with E-state index in [0.717, 1.165) is 36.1 Å². The molecule has 2 aliphatic rings. The van der Waals surface area contributed by atoms with Crippen LogP contribution in [-0.4, -0.2) is 117 Å². The molecule has 39 heavy (non-hydrogen) atoms. The lowest BCUT2D eigenvalue weighted by Crippen LogP contribution is -2.54. The summed E-state index contributed by atoms with van der Waals surface area (Å²) in [6, 6.07) is 20.8. The average molecular weight is 531 g/mol. The molecule has 0 bridgehead atoms. The van der Waals surface area contributed by atoms with Crippen molar-refractivity contribution in [2.24, 2.45) is 20.0 Å². The van der Waals surface area contributed by atoms with Crippen molar-refractivity contribution in [3.05, 3.63) is 66.2 Å². The molecule has 2 aromatic carbocycles. The zero-order valence-corrected chi connectivity index (χ0v) is 24.5. The van der Waals surface area contributed by atoms with E-state index >= 15 is 0 Å². The number of guanidine groups is 4. The second kappa shape index (κ2) is 12.2. The summed E-state index contributed by atoms with van der Waals surface area (Å²) in [5.74, 6) is 3.52. The monoisotopic (exact) mass is 530 g/mol. The maximum Gasteiger partial charge on any atom is 0.209 e. The number of aliphatic imine (C=N–C) groups is 4. The summed E-state index contributed by atoms with van der Waals surface area (Å²) in [6.07, 6.45) is 0.298. The minimum absolute atomic E-state index is 0.169. The molecule has 0 spiro atoms. The molecule has 0 saturated heterocycles. The van der Waals surface area contributed by atoms with Gasteiger partial charge in [-0.2, -0.15) is 0 Å². The number of hydrogen-bond acceptors (Lipinski definition) is 10. The minimum atomic E-state index is -0.238. The molecule has 0 aliphatic carbocycles. The fourth-order valence-corrected chi connectivity index (χ4v) is 4.81. The van der Waals surface area contributed by atoms with E-state index in [2.05, 4.69) is 75.0 Å². The highest BCUT2D eigenvalue weighted by Crippen LogP contribution is 2.21. The Bertz CT molecular complexity index is 1220. The van der Waals surface area contributed by atoms with Crippen molar-refractivity contribution in [1.29, 1.82) is 0 Å². The van der Waals surface area contributed by atoms with E-state index in [4.69, 9.17) is 20.0 Å². The summed E-state index contributed by atoms with van der Waals surface area (Å²) in [7, 11) is 14.3. The summed E-state index contributed by atoms with van der Waals surface area (Å²) < 4.78 is 0. The van der Waals surface area contributed by atoms with Gasteiger partial charge in [-0.25, -0.2) is 20.0 Å². The molecule has 0 saturated carbocycles. The first-order valence-corrected chi connectivity index (χ1v) is 13.4. The summed E-state index contributed by atoms with van der Waals surface area (Å²) >= 11 is 0. The number of hydrogen-bond donors (Lipinski definition) is 0. The van der Waals surface area contributed by atoms with Crippen LogP contribution < -0.4 is 4.90 Å². The van der Waals surface area contributed by atoms with Crippen LogP contribution >= 0.6 is 0 Å². The van der Waals surface area contributed by atoms with Crippen molar-refractivity contribution in [1.82, 2.24) is 24.5 Å². The van der Waals surface area contributed by atoms with E-state index in [1.165, 1.54) is 5.56 Å². The van der Waals surface area contributed by atoms with Gasteiger partial charge in [0.2, 0.25) is 23.8 Å². The Balaban J connectivity index is 1.59. The highest BCUT2D eigenvalue weighted by Gasteiger charge is 2.31. The zero-order chi connectivity index (χ0) is 28.1. The maximum absolute atomic E-state index is 5.11. The second-order valence-electron chi connectivity index (χ2n) is 10.4. The Labute approximate surface area is 233 Å². The van der Waals surface area contributed by atoms with Crippen LogP contribution in [0.15, 0.2) is 80.6 Å². The van der Waals surface area contributed by atoms with E-state index < -0.39 is 0 Å². The molecule has 2 unspecified atom stereocenters. The third kappa shape index (κ3) is 6.50. The fourth-order valence-electron chi connectivity index (χ4n) is 4.81. The van der Waals surface area contributed by atoms with Gasteiger partial charge in [-0.3, -0.25) is 9.80 Å². The largest absolute Gasteiger partial charge is 0.349 e. The first-order valence-electron chi connectivity index (χ1n) is 13.4. The molecule has 10 heteroatoms. The predicted molar refractivity (Wildman–Crippen MR) is 162 cm³/mol. The van der Waals surface area contributed by atoms with Crippen molar-refractivity contribution in [2.45, 2.75) is 32.2 Å². The molecular weight excluding hydrogens is 488 g/mol. The number of benzene rings is 2. The Morgan fingerprint density at radius 1 is 0.692 bits per heavy atom. The number of nitrogens with zero attached hydrogens (tertiary/aromatic N) is 10. The highest BCUT2D eigenvalue weighted by atomic mass is 15.5. The predicted octanol–water partition coefficient (Wildman–Crippen LogP) is 3.13. The third-order valence-corrected chi connectivity index (χ3v) is 6.67. The van der Waals surface area contributed by atoms with Gasteiger partial charge in [0.05, 0.1) is 0 Å². The van der Waals surface area contributed by atoms with Gasteiger partial charge in [-0.05, 0) is 24.6 Å². The molecular formula is C29H42N10. The molecule has 0 aromatic heterocycles. The molecule has 4 rings (SSSR count). The van der Waals surface area contributed by atoms with Crippen molar-refractivity contribution >= 4 is 29.5 Å². The molecule has 208 valence electrons. The molecule has 2 heterocycles. The van der Waals surface area contributed by atoms with Gasteiger partial charge in [-0.1, -0.05) is 48.5 Å². The van der Waals surface area contributed by atoms with E-state index in [1.54, 1.807) is 0 Å². The maximum atomic E-state index is 5.11. The summed E-state index contributed by atoms with van der Waals surface area (Å²) in [4.78, 5) is 32.6. The minimum Gasteiger partial charge on any atom is -0.349 e. The van der Waals surface area contributed by atoms with Crippen LogP contribution in [0.2, 0.25) is 0 Å². The Morgan fingerprint density at radius 2 is 1.26 bits per heavy atom. The third-order valence-electron chi connectivity index (χ3n) is 6.67. The lowest BCUT2D eigenvalue weighted by Gasteiger charge is -2.39. The van der Waals surface area contributed by atoms with Crippen molar-refractivity contribution in [3.8, 4) is 0 Å². The fraction of sp³-hybridized carbons (Fsp3) is 0.448. The van der Waals surface area contributed by atoms with Crippen LogP contribution in [0.3, 0.4) is 0 Å². The molecule has 0 radical (unpaired) electrons. The first kappa shape index (κ1) is 27.9. The Kier molecular flexibility index (Phi) is 8.73. The number of anilines is 1. The zero-order valence-electron chi connectivity index (χ0n) is 24.5. The quantitative estimate of drug-likeness (QED) is 0.572. The molecule has 2 aliphatic heterocycles. The van der Waals surface area contributed by atoms with Crippen molar-refractivity contribution in [3.63, 3.8) is 0 Å². The summed E-state index contributed by atoms with van der Waals surface area (Å²) in [6.45, 7) is 3.44. The molecule has 0 amide bonds. The van der Waals surface area contributed by atoms with Crippen LogP contribution in [0.4, 0.5) is 5.69 Å². The van der Waals surface area contributed by atoms with E-state index in [9.17, 15) is 0 Å². The van der Waals surface area contributed by atoms with Gasteiger partial charge in [0.15, 0.2) is 0 Å². The van der Waals surface area contributed by atoms with Gasteiger partial charge in [-0.15, -0.1) is 0 Å². The molecule has 10 nitrogen and oxygen atoms in total. The van der Waals surface area contributed by atoms with Crippen LogP contribution in [0.25, 0.3) is 0 Å². The van der Waals surface area contributed by atoms with Gasteiger partial charge < -0.3 is 19.6 Å². The van der Waals surface area contributed by atoms with E-state index in [0.29, 0.717) is 13.0 Å². The molecule has 0 fully saturated rings. The van der Waals surface area contributed by atoms with Gasteiger partial charge in [0.1, 0.15) is 12.3 Å². The smallest absolute Gasteiger partial charge is 0.209 e. The van der Waals surface area contributed by atoms with Crippen LogP contribution in [0.5, 0.6) is 0 Å². The standard InChI is InChI=1S/C29H42N10/c1-22-30-27(35(4)5)39(29(31-22)37(7)24-17-13-10-14-18-24)20-19-25-32-26(34(2)3)38(8)28(33-25)36(6)21-23-15-11-9-12-16-23/h9-18,22,25H,19-21H2,1-8H3. The van der Waals surface area contributed by atoms with Gasteiger partial charge >= 0.3 is 0 Å². The van der Waals surface area contributed by atoms with Crippen molar-refractivity contribution < 1.29 is 0 Å². The van der Waals surface area contributed by atoms with E-state index in [1.807, 2.05) is 71.3 Å². The number of para-hydroxylation sites is 1. The van der Waals surface area contributed by atoms with Gasteiger partial charge in [0, 0.05) is 74.5 Å². The SMILES string of the molecule is CC1N=C(N(C)C)N(CCC2N=C(N(C)C)N(C)C(N(C)Cc3ccccc3)=N2)C(N(C)c2ccccc2)=N1. The van der Waals surface area contributed by atoms with Crippen LogP contribution in [-0.2, 0) is 6.54 Å². The Morgan fingerprint density at radius 3 is 1.87 bits per heavy atom. The van der Waals surface area contributed by atoms with Gasteiger partial charge in [0.25, 0.3) is 0 Å². The lowest BCUT2D eigenvalue weighted by molar-refractivity contribution is 0.387. The lowest BCUT2D eigenvalue weighted by atomic mass is 10.2.